The number of benzene rings is 1. The third kappa shape index (κ3) is 7.09. The van der Waals surface area contributed by atoms with Crippen molar-refractivity contribution in [3.05, 3.63) is 47.1 Å². The number of hydrogen-bond acceptors (Lipinski definition) is 7. The largest absolute Gasteiger partial charge is 0.516 e. The number of nitrogens with one attached hydrogen (secondary N) is 2. The van der Waals surface area contributed by atoms with Gasteiger partial charge in [0.05, 0.1) is 21.8 Å². The first kappa shape index (κ1) is 30.0. The zero-order valence-electron chi connectivity index (χ0n) is 21.6. The molecule has 1 aliphatic heterocycles. The lowest BCUT2D eigenvalue weighted by Crippen LogP contribution is -2.47. The number of anilines is 3. The van der Waals surface area contributed by atoms with E-state index in [2.05, 4.69) is 29.0 Å². The Morgan fingerprint density at radius 2 is 1.84 bits per heavy atom. The standard InChI is InChI=1S/C25H32ClF3N4O4S/c1-16(2)15-33(19-9-11-37-12-10-19)21-7-5-17(13-20(21)31-22-8-6-18(26)14-30-22)24(3,4)23(34)32-38(35,36)25(27,28)29/h5-8,13-14,16,19H,9-12,15H2,1-4H3,(H,30,31)(H,32,34). The minimum atomic E-state index is -5.86. The molecular formula is C25H32ClF3N4O4S. The van der Waals surface area contributed by atoms with Crippen molar-refractivity contribution in [1.29, 1.82) is 0 Å². The number of pyridine rings is 1. The number of amides is 1. The number of sulfonamides is 1. The number of hydrogen-bond donors (Lipinski definition) is 2. The van der Waals surface area contributed by atoms with Gasteiger partial charge in [0.2, 0.25) is 5.91 Å². The van der Waals surface area contributed by atoms with E-state index in [1.54, 1.807) is 30.3 Å². The highest BCUT2D eigenvalue weighted by atomic mass is 35.5. The third-order valence-corrected chi connectivity index (χ3v) is 7.60. The molecular weight excluding hydrogens is 545 g/mol. The molecule has 38 heavy (non-hydrogen) atoms. The molecule has 210 valence electrons. The van der Waals surface area contributed by atoms with Crippen LogP contribution in [0.25, 0.3) is 0 Å². The molecule has 13 heteroatoms. The molecule has 2 N–H and O–H groups in total. The summed E-state index contributed by atoms with van der Waals surface area (Å²) < 4.78 is 68.6. The molecule has 1 saturated heterocycles. The van der Waals surface area contributed by atoms with Crippen LogP contribution in [-0.4, -0.2) is 50.6 Å². The van der Waals surface area contributed by atoms with Gasteiger partial charge in [0.25, 0.3) is 0 Å². The summed E-state index contributed by atoms with van der Waals surface area (Å²) in [5.74, 6) is -0.526. The Kier molecular flexibility index (Phi) is 9.20. The third-order valence-electron chi connectivity index (χ3n) is 6.31. The molecule has 1 aromatic carbocycles. The van der Waals surface area contributed by atoms with Crippen molar-refractivity contribution in [3.63, 3.8) is 0 Å². The van der Waals surface area contributed by atoms with E-state index in [9.17, 15) is 26.4 Å². The molecule has 1 aromatic heterocycles. The molecule has 1 amide bonds. The highest BCUT2D eigenvalue weighted by molar-refractivity contribution is 7.90. The molecule has 2 aromatic rings. The van der Waals surface area contributed by atoms with Crippen LogP contribution in [0.5, 0.6) is 0 Å². The lowest BCUT2D eigenvalue weighted by molar-refractivity contribution is -0.124. The van der Waals surface area contributed by atoms with Crippen LogP contribution in [0.4, 0.5) is 30.4 Å². The average molecular weight is 577 g/mol. The normalized spacial score (nSPS) is 15.4. The van der Waals surface area contributed by atoms with E-state index < -0.39 is 26.9 Å². The number of rotatable bonds is 9. The fourth-order valence-electron chi connectivity index (χ4n) is 4.14. The first-order valence-electron chi connectivity index (χ1n) is 12.1. The number of aromatic nitrogens is 1. The van der Waals surface area contributed by atoms with Crippen molar-refractivity contribution in [3.8, 4) is 0 Å². The summed E-state index contributed by atoms with van der Waals surface area (Å²) in [6.07, 6.45) is 3.10. The molecule has 0 radical (unpaired) electrons. The first-order valence-corrected chi connectivity index (χ1v) is 14.0. The van der Waals surface area contributed by atoms with Gasteiger partial charge in [0.15, 0.2) is 0 Å². The molecule has 3 rings (SSSR count). The van der Waals surface area contributed by atoms with E-state index in [0.29, 0.717) is 41.2 Å². The molecule has 8 nitrogen and oxygen atoms in total. The quantitative estimate of drug-likeness (QED) is 0.414. The van der Waals surface area contributed by atoms with Gasteiger partial charge in [-0.2, -0.15) is 21.6 Å². The van der Waals surface area contributed by atoms with Gasteiger partial charge in [-0.25, -0.2) is 9.71 Å². The van der Waals surface area contributed by atoms with Gasteiger partial charge in [0.1, 0.15) is 5.82 Å². The Morgan fingerprint density at radius 1 is 1.18 bits per heavy atom. The fourth-order valence-corrected chi connectivity index (χ4v) is 4.86. The first-order chi connectivity index (χ1) is 17.6. The van der Waals surface area contributed by atoms with Gasteiger partial charge in [-0.1, -0.05) is 31.5 Å². The van der Waals surface area contributed by atoms with Crippen molar-refractivity contribution in [2.24, 2.45) is 5.92 Å². The average Bonchev–Trinajstić information content (AvgIpc) is 2.83. The van der Waals surface area contributed by atoms with Gasteiger partial charge < -0.3 is 15.0 Å². The van der Waals surface area contributed by atoms with Crippen molar-refractivity contribution in [2.75, 3.05) is 30.0 Å². The van der Waals surface area contributed by atoms with E-state index >= 15 is 0 Å². The highest BCUT2D eigenvalue weighted by Crippen LogP contribution is 2.37. The Hall–Kier alpha value is -2.57. The van der Waals surface area contributed by atoms with Crippen LogP contribution >= 0.6 is 11.6 Å². The Bertz CT molecular complexity index is 1230. The molecule has 1 aliphatic rings. The van der Waals surface area contributed by atoms with Gasteiger partial charge >= 0.3 is 15.5 Å². The molecule has 0 spiro atoms. The number of alkyl halides is 3. The SMILES string of the molecule is CC(C)CN(c1ccc(C(C)(C)C(=O)NS(=O)(=O)C(F)(F)F)cc1Nc1ccc(Cl)cn1)C1CCOCC1. The smallest absolute Gasteiger partial charge is 0.381 e. The van der Waals surface area contributed by atoms with Crippen LogP contribution in [0.1, 0.15) is 46.1 Å². The molecule has 0 bridgehead atoms. The maximum atomic E-state index is 12.9. The van der Waals surface area contributed by atoms with Crippen molar-refractivity contribution in [1.82, 2.24) is 9.71 Å². The predicted molar refractivity (Wildman–Crippen MR) is 141 cm³/mol. The second-order valence-electron chi connectivity index (χ2n) is 10.1. The molecule has 0 aliphatic carbocycles. The second-order valence-corrected chi connectivity index (χ2v) is 12.2. The van der Waals surface area contributed by atoms with Crippen molar-refractivity contribution < 1.29 is 31.1 Å². The highest BCUT2D eigenvalue weighted by Gasteiger charge is 2.48. The molecule has 2 heterocycles. The fraction of sp³-hybridized carbons (Fsp3) is 0.520. The zero-order valence-corrected chi connectivity index (χ0v) is 23.2. The summed E-state index contributed by atoms with van der Waals surface area (Å²) in [6.45, 7) is 8.89. The van der Waals surface area contributed by atoms with Crippen LogP contribution in [0.2, 0.25) is 5.02 Å². The Morgan fingerprint density at radius 3 is 2.39 bits per heavy atom. The van der Waals surface area contributed by atoms with Gasteiger partial charge in [-0.3, -0.25) is 4.79 Å². The Balaban J connectivity index is 2.07. The monoisotopic (exact) mass is 576 g/mol. The van der Waals surface area contributed by atoms with Gasteiger partial charge in [-0.05, 0) is 62.4 Å². The van der Waals surface area contributed by atoms with E-state index in [1.807, 2.05) is 0 Å². The number of ether oxygens (including phenoxy) is 1. The second kappa shape index (κ2) is 11.7. The van der Waals surface area contributed by atoms with Crippen LogP contribution in [0.3, 0.4) is 0 Å². The topological polar surface area (TPSA) is 101 Å². The van der Waals surface area contributed by atoms with E-state index in [0.717, 1.165) is 29.8 Å². The van der Waals surface area contributed by atoms with Crippen LogP contribution in [0, 0.1) is 5.92 Å². The summed E-state index contributed by atoms with van der Waals surface area (Å²) in [5, 5.41) is 3.69. The lowest BCUT2D eigenvalue weighted by atomic mass is 9.83. The summed E-state index contributed by atoms with van der Waals surface area (Å²) >= 11 is 5.98. The minimum absolute atomic E-state index is 0.184. The van der Waals surface area contributed by atoms with Gasteiger partial charge in [0, 0.05) is 32.0 Å². The summed E-state index contributed by atoms with van der Waals surface area (Å²) in [5.41, 5.74) is -5.56. The van der Waals surface area contributed by atoms with Crippen LogP contribution in [0.15, 0.2) is 36.5 Å². The van der Waals surface area contributed by atoms with E-state index in [4.69, 9.17) is 16.3 Å². The number of halogens is 4. The molecule has 1 fully saturated rings. The number of carbonyl (C=O) groups is 1. The van der Waals surface area contributed by atoms with Crippen LogP contribution in [-0.2, 0) is 25.0 Å². The van der Waals surface area contributed by atoms with Crippen molar-refractivity contribution in [2.45, 2.75) is 57.5 Å². The van der Waals surface area contributed by atoms with Gasteiger partial charge in [-0.15, -0.1) is 0 Å². The summed E-state index contributed by atoms with van der Waals surface area (Å²) in [7, 11) is -5.86. The lowest BCUT2D eigenvalue weighted by Gasteiger charge is -2.39. The van der Waals surface area contributed by atoms with E-state index in [1.165, 1.54) is 20.0 Å². The number of nitrogens with zero attached hydrogens (tertiary/aromatic N) is 2. The maximum absolute atomic E-state index is 12.9. The Labute approximate surface area is 226 Å². The maximum Gasteiger partial charge on any atom is 0.516 e. The van der Waals surface area contributed by atoms with Crippen LogP contribution < -0.4 is 14.9 Å². The molecule has 0 unspecified atom stereocenters. The predicted octanol–water partition coefficient (Wildman–Crippen LogP) is 5.36. The van der Waals surface area contributed by atoms with E-state index in [-0.39, 0.29) is 6.04 Å². The molecule has 0 atom stereocenters. The summed E-state index contributed by atoms with van der Waals surface area (Å²) in [4.78, 5) is 19.3. The zero-order chi connectivity index (χ0) is 28.3. The minimum Gasteiger partial charge on any atom is -0.381 e. The molecule has 0 saturated carbocycles. The number of carbonyl (C=O) groups excluding carboxylic acids is 1. The summed E-state index contributed by atoms with van der Waals surface area (Å²) in [6, 6.07) is 8.57. The van der Waals surface area contributed by atoms with Crippen molar-refractivity contribution >= 4 is 44.7 Å².